The smallest absolute Gasteiger partial charge is 0.305 e. The molecule has 1 atom stereocenters. The van der Waals surface area contributed by atoms with Gasteiger partial charge in [0.1, 0.15) is 0 Å². The molecular weight excluding hydrogens is 436 g/mol. The van der Waals surface area contributed by atoms with Gasteiger partial charge >= 0.3 is 5.97 Å². The van der Waals surface area contributed by atoms with Crippen LogP contribution in [0.1, 0.15) is 56.2 Å². The molecule has 1 unspecified atom stereocenters. The number of rotatable bonds is 9. The Morgan fingerprint density at radius 2 is 1.84 bits per heavy atom. The first kappa shape index (κ1) is 23.6. The number of nitrogens with zero attached hydrogens (tertiary/aromatic N) is 1. The van der Waals surface area contributed by atoms with E-state index < -0.39 is 10.0 Å². The quantitative estimate of drug-likeness (QED) is 0.431. The van der Waals surface area contributed by atoms with E-state index >= 15 is 0 Å². The molecule has 0 spiro atoms. The number of esters is 1. The van der Waals surface area contributed by atoms with Gasteiger partial charge in [-0.25, -0.2) is 8.42 Å². The predicted octanol–water partition coefficient (Wildman–Crippen LogP) is 4.67. The van der Waals surface area contributed by atoms with Crippen molar-refractivity contribution in [3.8, 4) is 0 Å². The molecule has 6 nitrogen and oxygen atoms in total. The lowest BCUT2D eigenvalue weighted by atomic mass is 9.96. The van der Waals surface area contributed by atoms with E-state index in [9.17, 15) is 13.2 Å². The number of benzene rings is 2. The molecule has 0 aliphatic carbocycles. The van der Waals surface area contributed by atoms with E-state index in [-0.39, 0.29) is 16.9 Å². The summed E-state index contributed by atoms with van der Waals surface area (Å²) >= 11 is 6.24. The highest BCUT2D eigenvalue weighted by molar-refractivity contribution is 7.92. The third-order valence-electron chi connectivity index (χ3n) is 5.47. The molecule has 1 aliphatic rings. The number of hydrogen-bond acceptors (Lipinski definition) is 5. The molecule has 2 aromatic rings. The molecule has 0 saturated heterocycles. The van der Waals surface area contributed by atoms with Crippen LogP contribution in [0.2, 0.25) is 5.02 Å². The van der Waals surface area contributed by atoms with Crippen molar-refractivity contribution in [1.82, 2.24) is 5.32 Å². The van der Waals surface area contributed by atoms with Gasteiger partial charge in [0.05, 0.1) is 23.2 Å². The van der Waals surface area contributed by atoms with Crippen LogP contribution in [-0.4, -0.2) is 34.6 Å². The van der Waals surface area contributed by atoms with Gasteiger partial charge in [-0.1, -0.05) is 42.6 Å². The number of fused-ring (bicyclic) bond motifs is 2. The third-order valence-corrected chi connectivity index (χ3v) is 7.55. The van der Waals surface area contributed by atoms with E-state index in [4.69, 9.17) is 16.3 Å². The van der Waals surface area contributed by atoms with Gasteiger partial charge in [-0.15, -0.1) is 0 Å². The Kier molecular flexibility index (Phi) is 7.97. The van der Waals surface area contributed by atoms with Crippen molar-refractivity contribution in [2.75, 3.05) is 24.5 Å². The number of carbonyl (C=O) groups is 1. The molecule has 1 N–H and O–H groups in total. The van der Waals surface area contributed by atoms with Gasteiger partial charge in [0, 0.05) is 18.5 Å². The van der Waals surface area contributed by atoms with Gasteiger partial charge in [-0.2, -0.15) is 0 Å². The Hall–Kier alpha value is -2.09. The molecule has 8 heteroatoms. The van der Waals surface area contributed by atoms with Crippen molar-refractivity contribution in [2.24, 2.45) is 0 Å². The maximum Gasteiger partial charge on any atom is 0.305 e. The van der Waals surface area contributed by atoms with Crippen LogP contribution in [0.25, 0.3) is 0 Å². The first-order valence-corrected chi connectivity index (χ1v) is 12.4. The van der Waals surface area contributed by atoms with Gasteiger partial charge in [0.25, 0.3) is 10.0 Å². The van der Waals surface area contributed by atoms with Crippen molar-refractivity contribution in [3.05, 3.63) is 58.6 Å². The zero-order valence-corrected chi connectivity index (χ0v) is 19.5. The topological polar surface area (TPSA) is 75.7 Å². The summed E-state index contributed by atoms with van der Waals surface area (Å²) in [6.45, 7) is 2.94. The largest absolute Gasteiger partial charge is 0.466 e. The maximum atomic E-state index is 13.2. The zero-order chi connectivity index (χ0) is 22.4. The summed E-state index contributed by atoms with van der Waals surface area (Å²) in [7, 11) is -2.10. The Morgan fingerprint density at radius 1 is 1.10 bits per heavy atom. The number of nitrogens with one attached hydrogen (secondary N) is 1. The summed E-state index contributed by atoms with van der Waals surface area (Å²) in [5, 5.41) is 4.04. The molecule has 0 radical (unpaired) electrons. The molecular formula is C23H29ClN2O4S. The standard InChI is InChI=1S/C23H29ClN2O4S/c1-3-30-22(27)12-6-4-5-9-15-25-23-18-10-7-8-11-20(18)26(2)31(28,29)21-14-13-17(24)16-19(21)23/h7-8,10-11,13-14,16,23,25H,3-6,9,12,15H2,1-2H3. The molecule has 31 heavy (non-hydrogen) atoms. The lowest BCUT2D eigenvalue weighted by Crippen LogP contribution is -2.26. The van der Waals surface area contributed by atoms with E-state index in [1.165, 1.54) is 4.31 Å². The van der Waals surface area contributed by atoms with Crippen molar-refractivity contribution in [2.45, 2.75) is 50.0 Å². The molecule has 0 bridgehead atoms. The van der Waals surface area contributed by atoms with Crippen molar-refractivity contribution < 1.29 is 17.9 Å². The normalized spacial score (nSPS) is 16.9. The van der Waals surface area contributed by atoms with E-state index in [2.05, 4.69) is 5.32 Å². The summed E-state index contributed by atoms with van der Waals surface area (Å²) in [5.74, 6) is -0.144. The van der Waals surface area contributed by atoms with E-state index in [1.54, 1.807) is 25.2 Å². The minimum atomic E-state index is -3.68. The SMILES string of the molecule is CCOC(=O)CCCCCCNC1c2ccccc2N(C)S(=O)(=O)c2ccc(Cl)cc21. The molecule has 0 aromatic heterocycles. The number of hydrogen-bond donors (Lipinski definition) is 1. The molecule has 1 heterocycles. The first-order valence-electron chi connectivity index (χ1n) is 10.6. The number of carbonyl (C=O) groups excluding carboxylic acids is 1. The van der Waals surface area contributed by atoms with Crippen LogP contribution in [-0.2, 0) is 19.6 Å². The average molecular weight is 465 g/mol. The lowest BCUT2D eigenvalue weighted by Gasteiger charge is -2.22. The molecule has 168 valence electrons. The van der Waals surface area contributed by atoms with Crippen LogP contribution in [0.4, 0.5) is 5.69 Å². The van der Waals surface area contributed by atoms with E-state index in [1.807, 2.05) is 31.2 Å². The van der Waals surface area contributed by atoms with Crippen molar-refractivity contribution >= 4 is 33.3 Å². The second-order valence-electron chi connectivity index (χ2n) is 7.57. The predicted molar refractivity (Wildman–Crippen MR) is 123 cm³/mol. The fraction of sp³-hybridized carbons (Fsp3) is 0.435. The fourth-order valence-corrected chi connectivity index (χ4v) is 5.51. The second-order valence-corrected chi connectivity index (χ2v) is 9.94. The maximum absolute atomic E-state index is 13.2. The van der Waals surface area contributed by atoms with Crippen molar-refractivity contribution in [3.63, 3.8) is 0 Å². The van der Waals surface area contributed by atoms with Gasteiger partial charge in [0.15, 0.2) is 0 Å². The number of para-hydroxylation sites is 1. The van der Waals surface area contributed by atoms with Crippen LogP contribution in [0.5, 0.6) is 0 Å². The van der Waals surface area contributed by atoms with Gasteiger partial charge < -0.3 is 10.1 Å². The van der Waals surface area contributed by atoms with E-state index in [0.717, 1.165) is 31.2 Å². The molecule has 1 aliphatic heterocycles. The van der Waals surface area contributed by atoms with Crippen LogP contribution in [0.15, 0.2) is 47.4 Å². The number of anilines is 1. The van der Waals surface area contributed by atoms with Gasteiger partial charge in [-0.05, 0) is 61.7 Å². The molecule has 0 saturated carbocycles. The summed E-state index contributed by atoms with van der Waals surface area (Å²) in [4.78, 5) is 11.7. The highest BCUT2D eigenvalue weighted by Gasteiger charge is 2.34. The second kappa shape index (κ2) is 10.5. The Bertz CT molecular complexity index is 1030. The Labute approximate surface area is 189 Å². The molecule has 2 aromatic carbocycles. The number of ether oxygens (including phenoxy) is 1. The lowest BCUT2D eigenvalue weighted by molar-refractivity contribution is -0.143. The number of unbranched alkanes of at least 4 members (excludes halogenated alkanes) is 3. The zero-order valence-electron chi connectivity index (χ0n) is 17.9. The monoisotopic (exact) mass is 464 g/mol. The van der Waals surface area contributed by atoms with E-state index in [0.29, 0.717) is 35.8 Å². The summed E-state index contributed by atoms with van der Waals surface area (Å²) < 4.78 is 32.7. The van der Waals surface area contributed by atoms with Crippen LogP contribution in [0, 0.1) is 0 Å². The number of sulfonamides is 1. The molecule has 3 rings (SSSR count). The minimum absolute atomic E-state index is 0.144. The van der Waals surface area contributed by atoms with Crippen molar-refractivity contribution in [1.29, 1.82) is 0 Å². The number of halogens is 1. The summed E-state index contributed by atoms with van der Waals surface area (Å²) in [6.07, 6.45) is 4.10. The van der Waals surface area contributed by atoms with Crippen LogP contribution >= 0.6 is 11.6 Å². The molecule has 0 amide bonds. The van der Waals surface area contributed by atoms with Gasteiger partial charge in [-0.3, -0.25) is 9.10 Å². The average Bonchev–Trinajstić information content (AvgIpc) is 2.81. The van der Waals surface area contributed by atoms with Crippen LogP contribution in [0.3, 0.4) is 0 Å². The minimum Gasteiger partial charge on any atom is -0.466 e. The first-order chi connectivity index (χ1) is 14.9. The summed E-state index contributed by atoms with van der Waals surface area (Å²) in [5.41, 5.74) is 2.21. The summed E-state index contributed by atoms with van der Waals surface area (Å²) in [6, 6.07) is 12.2. The third kappa shape index (κ3) is 5.40. The molecule has 0 fully saturated rings. The fourth-order valence-electron chi connectivity index (χ4n) is 3.89. The Morgan fingerprint density at radius 3 is 2.61 bits per heavy atom. The van der Waals surface area contributed by atoms with Crippen LogP contribution < -0.4 is 9.62 Å². The highest BCUT2D eigenvalue weighted by Crippen LogP contribution is 2.40. The Balaban J connectivity index is 1.74. The highest BCUT2D eigenvalue weighted by atomic mass is 35.5. The van der Waals surface area contributed by atoms with Gasteiger partial charge in [0.2, 0.25) is 0 Å².